The monoisotopic (exact) mass is 877 g/mol. The molecular formula is C47H58IrNO3-. The predicted octanol–water partition coefficient (Wildman–Crippen LogP) is 13.5. The summed E-state index contributed by atoms with van der Waals surface area (Å²) in [7, 11) is 0. The molecule has 1 N–H and O–H groups in total. The van der Waals surface area contributed by atoms with Crippen molar-refractivity contribution in [3.63, 3.8) is 0 Å². The molecule has 4 aromatic carbocycles. The molecule has 5 aromatic rings. The molecule has 0 atom stereocenters. The summed E-state index contributed by atoms with van der Waals surface area (Å²) in [6.45, 7) is 23.8. The van der Waals surface area contributed by atoms with Gasteiger partial charge < -0.3 is 9.84 Å². The third kappa shape index (κ3) is 8.80. The van der Waals surface area contributed by atoms with Crippen molar-refractivity contribution in [2.24, 2.45) is 22.2 Å². The third-order valence-electron chi connectivity index (χ3n) is 10.6. The van der Waals surface area contributed by atoms with Crippen LogP contribution >= 0.6 is 0 Å². The number of hydrogen-bond donors (Lipinski definition) is 1. The van der Waals surface area contributed by atoms with Gasteiger partial charge in [0.1, 0.15) is 11.5 Å². The van der Waals surface area contributed by atoms with E-state index >= 15 is 0 Å². The van der Waals surface area contributed by atoms with Gasteiger partial charge in [0.2, 0.25) is 0 Å². The number of nitrogens with zero attached hydrogens (tertiary/aromatic N) is 1. The number of carbonyl (C=O) groups is 1. The molecular weight excluding hydrogens is 819 g/mol. The fraction of sp³-hybridized carbons (Fsp3) is 0.447. The zero-order valence-electron chi connectivity index (χ0n) is 33.2. The molecule has 2 heterocycles. The van der Waals surface area contributed by atoms with Gasteiger partial charge in [0.05, 0.1) is 5.75 Å². The van der Waals surface area contributed by atoms with Crippen LogP contribution in [0.4, 0.5) is 0 Å². The molecule has 5 heteroatoms. The van der Waals surface area contributed by atoms with Crippen molar-refractivity contribution in [1.29, 1.82) is 0 Å². The van der Waals surface area contributed by atoms with Crippen LogP contribution in [0.3, 0.4) is 0 Å². The van der Waals surface area contributed by atoms with Crippen LogP contribution in [0, 0.1) is 28.2 Å². The Morgan fingerprint density at radius 2 is 1.50 bits per heavy atom. The van der Waals surface area contributed by atoms with Crippen LogP contribution in [0.25, 0.3) is 43.6 Å². The first-order valence-corrected chi connectivity index (χ1v) is 19.0. The number of aliphatic hydroxyl groups is 1. The van der Waals surface area contributed by atoms with Crippen molar-refractivity contribution in [2.75, 3.05) is 0 Å². The zero-order valence-corrected chi connectivity index (χ0v) is 35.6. The molecule has 0 bridgehead atoms. The maximum Gasteiger partial charge on any atom is 0.162 e. The molecule has 1 aliphatic rings. The zero-order chi connectivity index (χ0) is 37.3. The van der Waals surface area contributed by atoms with E-state index in [9.17, 15) is 9.90 Å². The van der Waals surface area contributed by atoms with Gasteiger partial charge in [-0.3, -0.25) is 9.78 Å². The third-order valence-corrected chi connectivity index (χ3v) is 10.6. The van der Waals surface area contributed by atoms with Crippen molar-refractivity contribution in [2.45, 2.75) is 115 Å². The number of ether oxygens (including phenoxy) is 1. The Balaban J connectivity index is 0.000000305. The summed E-state index contributed by atoms with van der Waals surface area (Å²) < 4.78 is 6.81. The molecule has 0 aliphatic carbocycles. The van der Waals surface area contributed by atoms with Crippen molar-refractivity contribution in [3.05, 3.63) is 89.8 Å². The normalized spacial score (nSPS) is 13.0. The summed E-state index contributed by atoms with van der Waals surface area (Å²) in [4.78, 5) is 16.7. The van der Waals surface area contributed by atoms with Crippen LogP contribution in [-0.2, 0) is 37.7 Å². The van der Waals surface area contributed by atoms with Gasteiger partial charge >= 0.3 is 0 Å². The Labute approximate surface area is 325 Å². The number of rotatable bonds is 9. The minimum atomic E-state index is -0.248. The number of allylic oxidation sites excluding steroid dienone is 2. The Kier molecular flexibility index (Phi) is 12.9. The number of carbonyl (C=O) groups excluding carboxylic acids is 1. The van der Waals surface area contributed by atoms with Crippen LogP contribution in [0.15, 0.2) is 72.6 Å². The van der Waals surface area contributed by atoms with E-state index in [4.69, 9.17) is 9.72 Å². The van der Waals surface area contributed by atoms with Crippen LogP contribution in [0.1, 0.15) is 113 Å². The second-order valence-electron chi connectivity index (χ2n) is 17.2. The van der Waals surface area contributed by atoms with Crippen molar-refractivity contribution in [1.82, 2.24) is 4.98 Å². The van der Waals surface area contributed by atoms with Crippen LogP contribution < -0.4 is 4.74 Å². The molecule has 1 radical (unpaired) electrons. The molecule has 279 valence electrons. The van der Waals surface area contributed by atoms with Gasteiger partial charge in [-0.15, -0.1) is 17.5 Å². The van der Waals surface area contributed by atoms with Crippen LogP contribution in [-0.4, -0.2) is 15.9 Å². The molecule has 1 aliphatic heterocycles. The predicted molar refractivity (Wildman–Crippen MR) is 216 cm³/mol. The number of ketones is 1. The van der Waals surface area contributed by atoms with Gasteiger partial charge in [-0.05, 0) is 83.2 Å². The summed E-state index contributed by atoms with van der Waals surface area (Å²) in [5.74, 6) is 2.18. The van der Waals surface area contributed by atoms with Crippen LogP contribution in [0.5, 0.6) is 11.5 Å². The average molecular weight is 877 g/mol. The van der Waals surface area contributed by atoms with Gasteiger partial charge in [-0.25, -0.2) is 0 Å². The number of benzene rings is 4. The van der Waals surface area contributed by atoms with E-state index in [1.54, 1.807) is 0 Å². The Bertz CT molecular complexity index is 2090. The summed E-state index contributed by atoms with van der Waals surface area (Å²) in [5.41, 5.74) is 4.66. The maximum atomic E-state index is 11.9. The topological polar surface area (TPSA) is 59.4 Å². The first-order chi connectivity index (χ1) is 24.0. The number of pyridine rings is 1. The van der Waals surface area contributed by atoms with Gasteiger partial charge in [-0.2, -0.15) is 0 Å². The van der Waals surface area contributed by atoms with Gasteiger partial charge in [0.25, 0.3) is 0 Å². The van der Waals surface area contributed by atoms with E-state index in [0.29, 0.717) is 0 Å². The number of hydrogen-bond acceptors (Lipinski definition) is 4. The molecule has 0 saturated carbocycles. The van der Waals surface area contributed by atoms with Crippen molar-refractivity contribution in [3.8, 4) is 22.8 Å². The number of fused-ring (bicyclic) bond motifs is 5. The molecule has 1 aromatic heterocycles. The minimum Gasteiger partial charge on any atom is -0.512 e. The summed E-state index contributed by atoms with van der Waals surface area (Å²) in [6.07, 6.45) is 8.72. The van der Waals surface area contributed by atoms with Crippen molar-refractivity contribution >= 4 is 38.1 Å². The molecule has 0 saturated heterocycles. The Morgan fingerprint density at radius 3 is 2.12 bits per heavy atom. The maximum absolute atomic E-state index is 11.9. The average Bonchev–Trinajstić information content (AvgIpc) is 3.07. The molecule has 4 nitrogen and oxygen atoms in total. The SMILES string of the molecule is CC(C)(C)Cc1ccc2c(c1)cc1c3c(nccc32)-c2[c-]c3ccccc3c(CC(C)(C)C)c2O1.CCC(CC)C(=O)/C=C(\O)C(C)(CC)CC.[Ir]. The molecule has 0 amide bonds. The smallest absolute Gasteiger partial charge is 0.162 e. The summed E-state index contributed by atoms with van der Waals surface area (Å²) in [5, 5.41) is 17.1. The van der Waals surface area contributed by atoms with E-state index in [2.05, 4.69) is 102 Å². The molecule has 0 unspecified atom stereocenters. The first kappa shape index (κ1) is 41.2. The van der Waals surface area contributed by atoms with E-state index in [1.165, 1.54) is 38.7 Å². The van der Waals surface area contributed by atoms with Crippen LogP contribution in [0.2, 0.25) is 0 Å². The van der Waals surface area contributed by atoms with Gasteiger partial charge in [-0.1, -0.05) is 129 Å². The fourth-order valence-electron chi connectivity index (χ4n) is 7.26. The second kappa shape index (κ2) is 16.2. The second-order valence-corrected chi connectivity index (χ2v) is 17.2. The van der Waals surface area contributed by atoms with E-state index in [-0.39, 0.29) is 53.8 Å². The minimum absolute atomic E-state index is 0. The fourth-order valence-corrected chi connectivity index (χ4v) is 7.26. The Morgan fingerprint density at radius 1 is 0.846 bits per heavy atom. The molecule has 0 spiro atoms. The van der Waals surface area contributed by atoms with Gasteiger partial charge in [0, 0.05) is 54.8 Å². The molecule has 0 fully saturated rings. The largest absolute Gasteiger partial charge is 0.512 e. The van der Waals surface area contributed by atoms with E-state index in [0.717, 1.165) is 72.1 Å². The number of aromatic nitrogens is 1. The summed E-state index contributed by atoms with van der Waals surface area (Å²) >= 11 is 0. The van der Waals surface area contributed by atoms with E-state index in [1.807, 2.05) is 40.8 Å². The molecule has 6 rings (SSSR count). The van der Waals surface area contributed by atoms with E-state index < -0.39 is 0 Å². The number of aliphatic hydroxyl groups excluding tert-OH is 1. The first-order valence-electron chi connectivity index (χ1n) is 19.0. The standard InChI is InChI=1S/C33H32NO.C14H26O2.Ir/c1-32(2,3)18-20-11-12-24-22(15-20)17-28-29-25(24)13-14-34-30(29)26-16-21-9-7-8-10-23(21)27(31(26)35-28)19-33(4,5)6;1-6-11(7-2)12(15)10-13(16)14(5,8-3)9-4;/h7-15,17H,18-19H2,1-6H3;10-11,16H,6-9H2,1-5H3;/q-1;;/b;13-10-;. The molecule has 52 heavy (non-hydrogen) atoms. The quantitative estimate of drug-likeness (QED) is 0.0680. The summed E-state index contributed by atoms with van der Waals surface area (Å²) in [6, 6.07) is 23.4. The Hall–Kier alpha value is -3.53. The van der Waals surface area contributed by atoms with Crippen molar-refractivity contribution < 1.29 is 34.7 Å². The van der Waals surface area contributed by atoms with Gasteiger partial charge in [0.15, 0.2) is 5.78 Å².